The summed E-state index contributed by atoms with van der Waals surface area (Å²) < 4.78 is 5.32. The molecule has 0 fully saturated rings. The highest BCUT2D eigenvalue weighted by Crippen LogP contribution is 2.20. The Morgan fingerprint density at radius 2 is 2.17 bits per heavy atom. The smallest absolute Gasteiger partial charge is 0.303 e. The summed E-state index contributed by atoms with van der Waals surface area (Å²) in [5.74, 6) is -0.306. The molecular weight excluding hydrogens is 228 g/mol. The van der Waals surface area contributed by atoms with E-state index in [4.69, 9.17) is 4.74 Å². The average molecular weight is 242 g/mol. The fourth-order valence-corrected chi connectivity index (χ4v) is 1.70. The van der Waals surface area contributed by atoms with Crippen molar-refractivity contribution in [1.82, 2.24) is 9.97 Å². The number of aromatic nitrogens is 2. The van der Waals surface area contributed by atoms with E-state index in [0.717, 1.165) is 11.3 Å². The van der Waals surface area contributed by atoms with E-state index in [1.807, 2.05) is 30.3 Å². The van der Waals surface area contributed by atoms with Crippen LogP contribution in [0.15, 0.2) is 48.9 Å². The first kappa shape index (κ1) is 12.2. The number of carbonyl (C=O) groups excluding carboxylic acids is 1. The molecule has 0 aliphatic carbocycles. The van der Waals surface area contributed by atoms with Gasteiger partial charge >= 0.3 is 5.97 Å². The predicted molar refractivity (Wildman–Crippen MR) is 66.7 cm³/mol. The van der Waals surface area contributed by atoms with Crippen LogP contribution in [0, 0.1) is 0 Å². The van der Waals surface area contributed by atoms with Crippen LogP contribution in [0.4, 0.5) is 0 Å². The summed E-state index contributed by atoms with van der Waals surface area (Å²) in [6, 6.07) is 9.39. The van der Waals surface area contributed by atoms with Crippen molar-refractivity contribution in [3.05, 3.63) is 60.2 Å². The van der Waals surface area contributed by atoms with E-state index >= 15 is 0 Å². The highest BCUT2D eigenvalue weighted by Gasteiger charge is 2.16. The van der Waals surface area contributed by atoms with Gasteiger partial charge in [0.25, 0.3) is 0 Å². The maximum Gasteiger partial charge on any atom is 0.303 e. The Bertz CT molecular complexity index is 500. The molecule has 2 heterocycles. The minimum atomic E-state index is -0.342. The molecule has 0 N–H and O–H groups in total. The Kier molecular flexibility index (Phi) is 4.02. The Labute approximate surface area is 106 Å². The molecule has 0 saturated heterocycles. The molecule has 4 heteroatoms. The quantitative estimate of drug-likeness (QED) is 0.772. The van der Waals surface area contributed by atoms with Gasteiger partial charge < -0.3 is 4.74 Å². The van der Waals surface area contributed by atoms with E-state index in [-0.39, 0.29) is 12.1 Å². The van der Waals surface area contributed by atoms with Crippen LogP contribution >= 0.6 is 0 Å². The van der Waals surface area contributed by atoms with Crippen LogP contribution in [0.1, 0.15) is 24.3 Å². The van der Waals surface area contributed by atoms with Crippen molar-refractivity contribution in [3.8, 4) is 0 Å². The fraction of sp³-hybridized carbons (Fsp3) is 0.214. The van der Waals surface area contributed by atoms with Crippen molar-refractivity contribution in [2.75, 3.05) is 0 Å². The average Bonchev–Trinajstić information content (AvgIpc) is 2.40. The lowest BCUT2D eigenvalue weighted by atomic mass is 10.1. The molecule has 0 aliphatic rings. The zero-order valence-electron chi connectivity index (χ0n) is 10.1. The van der Waals surface area contributed by atoms with E-state index in [1.165, 1.54) is 6.92 Å². The lowest BCUT2D eigenvalue weighted by molar-refractivity contribution is -0.146. The normalized spacial score (nSPS) is 11.8. The number of hydrogen-bond donors (Lipinski definition) is 0. The van der Waals surface area contributed by atoms with Gasteiger partial charge in [-0.15, -0.1) is 0 Å². The fourth-order valence-electron chi connectivity index (χ4n) is 1.70. The lowest BCUT2D eigenvalue weighted by Gasteiger charge is -2.16. The van der Waals surface area contributed by atoms with Gasteiger partial charge in [0.1, 0.15) is 6.10 Å². The van der Waals surface area contributed by atoms with Crippen LogP contribution in [0.25, 0.3) is 0 Å². The molecule has 1 atom stereocenters. The Morgan fingerprint density at radius 3 is 2.78 bits per heavy atom. The summed E-state index contributed by atoms with van der Waals surface area (Å²) in [6.45, 7) is 1.40. The van der Waals surface area contributed by atoms with Gasteiger partial charge in [0, 0.05) is 43.2 Å². The van der Waals surface area contributed by atoms with E-state index in [9.17, 15) is 4.79 Å². The number of ether oxygens (including phenoxy) is 1. The van der Waals surface area contributed by atoms with Crippen molar-refractivity contribution in [1.29, 1.82) is 0 Å². The van der Waals surface area contributed by atoms with Crippen LogP contribution in [0.5, 0.6) is 0 Å². The van der Waals surface area contributed by atoms with E-state index < -0.39 is 0 Å². The molecule has 0 bridgehead atoms. The van der Waals surface area contributed by atoms with Crippen molar-refractivity contribution in [2.24, 2.45) is 0 Å². The first-order chi connectivity index (χ1) is 8.75. The molecule has 0 radical (unpaired) electrons. The summed E-state index contributed by atoms with van der Waals surface area (Å²) >= 11 is 0. The Balaban J connectivity index is 2.18. The summed E-state index contributed by atoms with van der Waals surface area (Å²) in [7, 11) is 0. The van der Waals surface area contributed by atoms with Gasteiger partial charge in [-0.25, -0.2) is 0 Å². The van der Waals surface area contributed by atoms with Crippen molar-refractivity contribution in [2.45, 2.75) is 19.4 Å². The summed E-state index contributed by atoms with van der Waals surface area (Å²) in [5.41, 5.74) is 1.76. The van der Waals surface area contributed by atoms with Crippen LogP contribution in [-0.4, -0.2) is 15.9 Å². The minimum absolute atomic E-state index is 0.306. The summed E-state index contributed by atoms with van der Waals surface area (Å²) in [5, 5.41) is 0. The van der Waals surface area contributed by atoms with Crippen molar-refractivity contribution in [3.63, 3.8) is 0 Å². The Hall–Kier alpha value is -2.23. The summed E-state index contributed by atoms with van der Waals surface area (Å²) in [4.78, 5) is 19.4. The number of hydrogen-bond acceptors (Lipinski definition) is 4. The molecule has 18 heavy (non-hydrogen) atoms. The van der Waals surface area contributed by atoms with Gasteiger partial charge in [0.2, 0.25) is 0 Å². The van der Waals surface area contributed by atoms with Gasteiger partial charge in [0.15, 0.2) is 0 Å². The zero-order valence-corrected chi connectivity index (χ0v) is 10.1. The standard InChI is InChI=1S/C14H14N2O2/c1-11(17)18-14(12-5-4-7-15-10-12)9-13-6-2-3-8-16-13/h2-8,10,14H,9H2,1H3. The first-order valence-electron chi connectivity index (χ1n) is 5.73. The molecule has 2 rings (SSSR count). The molecule has 4 nitrogen and oxygen atoms in total. The molecule has 0 amide bonds. The van der Waals surface area contributed by atoms with Crippen LogP contribution in [-0.2, 0) is 16.0 Å². The molecule has 0 aliphatic heterocycles. The third-order valence-corrected chi connectivity index (χ3v) is 2.49. The molecular formula is C14H14N2O2. The second-order valence-corrected chi connectivity index (χ2v) is 3.91. The second kappa shape index (κ2) is 5.91. The van der Waals surface area contributed by atoms with Crippen molar-refractivity contribution >= 4 is 5.97 Å². The number of carbonyl (C=O) groups is 1. The van der Waals surface area contributed by atoms with Gasteiger partial charge in [-0.1, -0.05) is 12.1 Å². The third-order valence-electron chi connectivity index (χ3n) is 2.49. The predicted octanol–water partition coefficient (Wildman–Crippen LogP) is 2.32. The Morgan fingerprint density at radius 1 is 1.28 bits per heavy atom. The van der Waals surface area contributed by atoms with Crippen molar-refractivity contribution < 1.29 is 9.53 Å². The first-order valence-corrected chi connectivity index (χ1v) is 5.73. The number of rotatable bonds is 4. The molecule has 0 spiro atoms. The van der Waals surface area contributed by atoms with Crippen LogP contribution < -0.4 is 0 Å². The highest BCUT2D eigenvalue weighted by molar-refractivity contribution is 5.66. The molecule has 0 aromatic carbocycles. The molecule has 2 aromatic rings. The molecule has 1 unspecified atom stereocenters. The lowest BCUT2D eigenvalue weighted by Crippen LogP contribution is -2.12. The monoisotopic (exact) mass is 242 g/mol. The third kappa shape index (κ3) is 3.38. The largest absolute Gasteiger partial charge is 0.457 e. The van der Waals surface area contributed by atoms with E-state index in [1.54, 1.807) is 18.6 Å². The zero-order chi connectivity index (χ0) is 12.8. The topological polar surface area (TPSA) is 52.1 Å². The second-order valence-electron chi connectivity index (χ2n) is 3.91. The van der Waals surface area contributed by atoms with Gasteiger partial charge in [0.05, 0.1) is 0 Å². The van der Waals surface area contributed by atoms with Gasteiger partial charge in [-0.2, -0.15) is 0 Å². The number of pyridine rings is 2. The van der Waals surface area contributed by atoms with E-state index in [0.29, 0.717) is 6.42 Å². The van der Waals surface area contributed by atoms with Gasteiger partial charge in [-0.05, 0) is 18.2 Å². The minimum Gasteiger partial charge on any atom is -0.457 e. The maximum atomic E-state index is 11.2. The molecule has 2 aromatic heterocycles. The van der Waals surface area contributed by atoms with Gasteiger partial charge in [-0.3, -0.25) is 14.8 Å². The van der Waals surface area contributed by atoms with Crippen LogP contribution in [0.2, 0.25) is 0 Å². The van der Waals surface area contributed by atoms with Crippen LogP contribution in [0.3, 0.4) is 0 Å². The number of esters is 1. The highest BCUT2D eigenvalue weighted by atomic mass is 16.5. The maximum absolute atomic E-state index is 11.2. The van der Waals surface area contributed by atoms with E-state index in [2.05, 4.69) is 9.97 Å². The SMILES string of the molecule is CC(=O)OC(Cc1ccccn1)c1cccnc1. The summed E-state index contributed by atoms with van der Waals surface area (Å²) in [6.07, 6.45) is 5.33. The molecule has 0 saturated carbocycles. The molecule has 92 valence electrons. The number of nitrogens with zero attached hydrogens (tertiary/aromatic N) is 2.